The summed E-state index contributed by atoms with van der Waals surface area (Å²) in [4.78, 5) is 24.3. The van der Waals surface area contributed by atoms with Gasteiger partial charge in [0.25, 0.3) is 5.91 Å². The molecule has 1 aliphatic carbocycles. The first-order chi connectivity index (χ1) is 12.0. The predicted molar refractivity (Wildman–Crippen MR) is 90.8 cm³/mol. The fraction of sp³-hybridized carbons (Fsp3) is 0.421. The molecule has 130 valence electrons. The Balaban J connectivity index is 1.62. The van der Waals surface area contributed by atoms with Crippen LogP contribution in [-0.2, 0) is 9.53 Å². The molecule has 0 saturated heterocycles. The minimum Gasteiger partial charge on any atom is -0.450 e. The molecule has 0 aliphatic heterocycles. The molecule has 25 heavy (non-hydrogen) atoms. The van der Waals surface area contributed by atoms with Crippen molar-refractivity contribution in [3.8, 4) is 6.07 Å². The first kappa shape index (κ1) is 17.0. The number of nitrogens with one attached hydrogen (secondary N) is 1. The van der Waals surface area contributed by atoms with Gasteiger partial charge < -0.3 is 14.5 Å². The Morgan fingerprint density at radius 2 is 2.00 bits per heavy atom. The number of benzene rings is 1. The van der Waals surface area contributed by atoms with Crippen LogP contribution in [0.4, 0.5) is 0 Å². The Kier molecular flexibility index (Phi) is 4.75. The summed E-state index contributed by atoms with van der Waals surface area (Å²) >= 11 is 0. The molecule has 1 amide bonds. The van der Waals surface area contributed by atoms with Gasteiger partial charge in [-0.25, -0.2) is 4.79 Å². The standard InChI is InChI=1S/C19H20N2O4/c1-13-14-7-3-4-8-15(14)25-17(13)18(23)24-11-16(22)21-19(12-20)9-5-2-6-10-19/h3-4,7-8H,2,5-6,9-11H2,1H3,(H,21,22). The van der Waals surface area contributed by atoms with Gasteiger partial charge in [-0.1, -0.05) is 37.5 Å². The second kappa shape index (κ2) is 6.98. The summed E-state index contributed by atoms with van der Waals surface area (Å²) < 4.78 is 10.6. The van der Waals surface area contributed by atoms with Gasteiger partial charge in [-0.15, -0.1) is 0 Å². The smallest absolute Gasteiger partial charge is 0.375 e. The number of nitrogens with zero attached hydrogens (tertiary/aromatic N) is 1. The zero-order valence-electron chi connectivity index (χ0n) is 14.1. The minimum absolute atomic E-state index is 0.0988. The van der Waals surface area contributed by atoms with Crippen LogP contribution in [0.3, 0.4) is 0 Å². The van der Waals surface area contributed by atoms with Gasteiger partial charge in [0.15, 0.2) is 6.61 Å². The lowest BCUT2D eigenvalue weighted by molar-refractivity contribution is -0.126. The molecule has 0 atom stereocenters. The maximum Gasteiger partial charge on any atom is 0.375 e. The SMILES string of the molecule is Cc1c(C(=O)OCC(=O)NC2(C#N)CCCCC2)oc2ccccc12. The highest BCUT2D eigenvalue weighted by Gasteiger charge is 2.33. The van der Waals surface area contributed by atoms with E-state index in [1.807, 2.05) is 18.2 Å². The third-order valence-corrected chi connectivity index (χ3v) is 4.66. The van der Waals surface area contributed by atoms with Crippen molar-refractivity contribution in [3.63, 3.8) is 0 Å². The molecule has 0 unspecified atom stereocenters. The number of hydrogen-bond acceptors (Lipinski definition) is 5. The highest BCUT2D eigenvalue weighted by molar-refractivity contribution is 5.96. The van der Waals surface area contributed by atoms with Crippen molar-refractivity contribution in [2.24, 2.45) is 0 Å². The molecule has 3 rings (SSSR count). The average Bonchev–Trinajstić information content (AvgIpc) is 2.98. The van der Waals surface area contributed by atoms with E-state index < -0.39 is 24.0 Å². The van der Waals surface area contributed by atoms with Crippen molar-refractivity contribution in [1.29, 1.82) is 5.26 Å². The van der Waals surface area contributed by atoms with E-state index in [2.05, 4.69) is 11.4 Å². The van der Waals surface area contributed by atoms with Crippen molar-refractivity contribution in [3.05, 3.63) is 35.6 Å². The zero-order chi connectivity index (χ0) is 17.9. The second-order valence-electron chi connectivity index (χ2n) is 6.43. The third kappa shape index (κ3) is 3.50. The highest BCUT2D eigenvalue weighted by Crippen LogP contribution is 2.28. The second-order valence-corrected chi connectivity index (χ2v) is 6.43. The molecule has 2 aromatic rings. The number of nitriles is 1. The number of rotatable bonds is 4. The van der Waals surface area contributed by atoms with E-state index in [4.69, 9.17) is 9.15 Å². The van der Waals surface area contributed by atoms with Crippen molar-refractivity contribution in [1.82, 2.24) is 5.32 Å². The Hall–Kier alpha value is -2.81. The topological polar surface area (TPSA) is 92.3 Å². The average molecular weight is 340 g/mol. The van der Waals surface area contributed by atoms with Gasteiger partial charge in [-0.3, -0.25) is 4.79 Å². The fourth-order valence-corrected chi connectivity index (χ4v) is 3.29. The summed E-state index contributed by atoms with van der Waals surface area (Å²) in [5.74, 6) is -1.05. The Bertz CT molecular complexity index is 841. The van der Waals surface area contributed by atoms with E-state index in [9.17, 15) is 14.9 Å². The van der Waals surface area contributed by atoms with Crippen LogP contribution < -0.4 is 5.32 Å². The third-order valence-electron chi connectivity index (χ3n) is 4.66. The fourth-order valence-electron chi connectivity index (χ4n) is 3.29. The van der Waals surface area contributed by atoms with E-state index in [-0.39, 0.29) is 5.76 Å². The lowest BCUT2D eigenvalue weighted by atomic mass is 9.83. The summed E-state index contributed by atoms with van der Waals surface area (Å²) in [6.07, 6.45) is 4.15. The number of carbonyl (C=O) groups is 2. The molecule has 1 saturated carbocycles. The number of carbonyl (C=O) groups excluding carboxylic acids is 2. The van der Waals surface area contributed by atoms with Gasteiger partial charge >= 0.3 is 5.97 Å². The first-order valence-electron chi connectivity index (χ1n) is 8.42. The number of amides is 1. The maximum absolute atomic E-state index is 12.2. The normalized spacial score (nSPS) is 16.2. The summed E-state index contributed by atoms with van der Waals surface area (Å²) in [6, 6.07) is 9.51. The van der Waals surface area contributed by atoms with Gasteiger partial charge in [0.05, 0.1) is 6.07 Å². The number of ether oxygens (including phenoxy) is 1. The summed E-state index contributed by atoms with van der Waals surface area (Å²) in [5, 5.41) is 12.9. The van der Waals surface area contributed by atoms with Crippen molar-refractivity contribution < 1.29 is 18.7 Å². The van der Waals surface area contributed by atoms with E-state index in [0.29, 0.717) is 24.0 Å². The Labute approximate surface area is 145 Å². The lowest BCUT2D eigenvalue weighted by Gasteiger charge is -2.31. The predicted octanol–water partition coefficient (Wildman–Crippen LogP) is 3.24. The molecule has 0 bridgehead atoms. The molecule has 6 heteroatoms. The molecule has 1 aromatic heterocycles. The molecule has 1 N–H and O–H groups in total. The van der Waals surface area contributed by atoms with Crippen LogP contribution in [0.1, 0.15) is 48.2 Å². The number of aryl methyl sites for hydroxylation is 1. The highest BCUT2D eigenvalue weighted by atomic mass is 16.5. The molecule has 0 spiro atoms. The van der Waals surface area contributed by atoms with E-state index in [0.717, 1.165) is 24.6 Å². The molecule has 0 radical (unpaired) electrons. The molecule has 1 aromatic carbocycles. The van der Waals surface area contributed by atoms with Gasteiger partial charge in [0, 0.05) is 10.9 Å². The minimum atomic E-state index is -0.836. The summed E-state index contributed by atoms with van der Waals surface area (Å²) in [7, 11) is 0. The Morgan fingerprint density at radius 3 is 2.68 bits per heavy atom. The van der Waals surface area contributed by atoms with E-state index in [1.54, 1.807) is 13.0 Å². The zero-order valence-corrected chi connectivity index (χ0v) is 14.1. The van der Waals surface area contributed by atoms with Gasteiger partial charge in [-0.05, 0) is 25.8 Å². The van der Waals surface area contributed by atoms with Crippen molar-refractivity contribution >= 4 is 22.8 Å². The van der Waals surface area contributed by atoms with Crippen LogP contribution in [0.25, 0.3) is 11.0 Å². The molecular weight excluding hydrogens is 320 g/mol. The quantitative estimate of drug-likeness (QED) is 0.863. The molecule has 1 aliphatic rings. The number of furan rings is 1. The van der Waals surface area contributed by atoms with E-state index in [1.165, 1.54) is 0 Å². The van der Waals surface area contributed by atoms with Crippen molar-refractivity contribution in [2.45, 2.75) is 44.6 Å². The molecular formula is C19H20N2O4. The summed E-state index contributed by atoms with van der Waals surface area (Å²) in [5.41, 5.74) is 0.445. The van der Waals surface area contributed by atoms with Crippen LogP contribution in [-0.4, -0.2) is 24.0 Å². The number of esters is 1. The lowest BCUT2D eigenvalue weighted by Crippen LogP contribution is -2.50. The monoisotopic (exact) mass is 340 g/mol. The number of para-hydroxylation sites is 1. The van der Waals surface area contributed by atoms with Gasteiger partial charge in [0.2, 0.25) is 5.76 Å². The molecule has 1 heterocycles. The molecule has 6 nitrogen and oxygen atoms in total. The largest absolute Gasteiger partial charge is 0.450 e. The number of fused-ring (bicyclic) bond motifs is 1. The van der Waals surface area contributed by atoms with E-state index >= 15 is 0 Å². The van der Waals surface area contributed by atoms with Crippen LogP contribution in [0.15, 0.2) is 28.7 Å². The number of hydrogen-bond donors (Lipinski definition) is 1. The van der Waals surface area contributed by atoms with Crippen molar-refractivity contribution in [2.75, 3.05) is 6.61 Å². The maximum atomic E-state index is 12.2. The molecule has 1 fully saturated rings. The van der Waals surface area contributed by atoms with Crippen LogP contribution in [0, 0.1) is 18.3 Å². The van der Waals surface area contributed by atoms with Crippen LogP contribution >= 0.6 is 0 Å². The van der Waals surface area contributed by atoms with Crippen LogP contribution in [0.5, 0.6) is 0 Å². The summed E-state index contributed by atoms with van der Waals surface area (Å²) in [6.45, 7) is 1.34. The Morgan fingerprint density at radius 1 is 1.28 bits per heavy atom. The van der Waals surface area contributed by atoms with Crippen LogP contribution in [0.2, 0.25) is 0 Å². The van der Waals surface area contributed by atoms with Gasteiger partial charge in [0.1, 0.15) is 11.1 Å². The van der Waals surface area contributed by atoms with Gasteiger partial charge in [-0.2, -0.15) is 5.26 Å². The first-order valence-corrected chi connectivity index (χ1v) is 8.42.